The minimum atomic E-state index is -0.994. The molecule has 2 aromatic carbocycles. The van der Waals surface area contributed by atoms with Crippen molar-refractivity contribution < 1.29 is 19.0 Å². The number of carboxylic acid groups (broad SMARTS) is 1. The van der Waals surface area contributed by atoms with Crippen LogP contribution in [-0.4, -0.2) is 16.7 Å². The molecule has 0 fully saturated rings. The van der Waals surface area contributed by atoms with Crippen LogP contribution >= 0.6 is 0 Å². The molecule has 0 unspecified atom stereocenters. The Morgan fingerprint density at radius 3 is 2.45 bits per heavy atom. The maximum atomic E-state index is 13.1. The van der Waals surface area contributed by atoms with Crippen LogP contribution in [0.4, 0.5) is 4.39 Å². The predicted molar refractivity (Wildman–Crippen MR) is 81.6 cm³/mol. The molecule has 3 nitrogen and oxygen atoms in total. The highest BCUT2D eigenvalue weighted by atomic mass is 19.1. The number of benzene rings is 2. The van der Waals surface area contributed by atoms with Crippen LogP contribution in [0.25, 0.3) is 5.57 Å². The van der Waals surface area contributed by atoms with Gasteiger partial charge in [0.05, 0.1) is 5.56 Å². The lowest BCUT2D eigenvalue weighted by atomic mass is 9.89. The molecule has 1 aliphatic rings. The summed E-state index contributed by atoms with van der Waals surface area (Å²) >= 11 is 0. The van der Waals surface area contributed by atoms with Crippen molar-refractivity contribution in [3.05, 3.63) is 71.0 Å². The van der Waals surface area contributed by atoms with Crippen LogP contribution in [0.3, 0.4) is 0 Å². The van der Waals surface area contributed by atoms with E-state index in [1.54, 1.807) is 24.3 Å². The van der Waals surface area contributed by atoms with Gasteiger partial charge in [-0.1, -0.05) is 12.1 Å². The zero-order valence-corrected chi connectivity index (χ0v) is 12.3. The van der Waals surface area contributed by atoms with Gasteiger partial charge >= 0.3 is 5.97 Å². The van der Waals surface area contributed by atoms with E-state index < -0.39 is 11.6 Å². The number of carbonyl (C=O) groups is 1. The average Bonchev–Trinajstić information content (AvgIpc) is 2.45. The Morgan fingerprint density at radius 1 is 1.14 bits per heavy atom. The molecule has 3 rings (SSSR count). The Morgan fingerprint density at radius 2 is 1.82 bits per heavy atom. The van der Waals surface area contributed by atoms with Crippen molar-refractivity contribution in [2.45, 2.75) is 19.4 Å². The summed E-state index contributed by atoms with van der Waals surface area (Å²) in [5.74, 6) is -0.682. The van der Waals surface area contributed by atoms with Crippen molar-refractivity contribution >= 4 is 11.5 Å². The molecule has 1 aliphatic heterocycles. The monoisotopic (exact) mass is 298 g/mol. The van der Waals surface area contributed by atoms with Crippen LogP contribution in [0.1, 0.15) is 35.3 Å². The van der Waals surface area contributed by atoms with E-state index in [-0.39, 0.29) is 11.4 Å². The number of aromatic carboxylic acids is 1. The van der Waals surface area contributed by atoms with Gasteiger partial charge in [0.15, 0.2) is 0 Å². The van der Waals surface area contributed by atoms with Crippen LogP contribution in [0.2, 0.25) is 0 Å². The number of ether oxygens (including phenoxy) is 1. The Kier molecular flexibility index (Phi) is 3.24. The Bertz CT molecular complexity index is 773. The minimum Gasteiger partial charge on any atom is -0.483 e. The summed E-state index contributed by atoms with van der Waals surface area (Å²) in [6.45, 7) is 3.84. The molecule has 2 aromatic rings. The second-order valence-electron chi connectivity index (χ2n) is 5.79. The molecule has 0 atom stereocenters. The van der Waals surface area contributed by atoms with Gasteiger partial charge in [0.1, 0.15) is 17.2 Å². The fourth-order valence-electron chi connectivity index (χ4n) is 2.57. The first-order chi connectivity index (χ1) is 10.4. The van der Waals surface area contributed by atoms with Crippen LogP contribution in [0.15, 0.2) is 48.5 Å². The maximum Gasteiger partial charge on any atom is 0.335 e. The lowest BCUT2D eigenvalue weighted by molar-refractivity contribution is 0.0696. The highest BCUT2D eigenvalue weighted by molar-refractivity contribution is 5.92. The van der Waals surface area contributed by atoms with Crippen molar-refractivity contribution in [1.82, 2.24) is 0 Å². The standard InChI is InChI=1S/C18H15FO3/c1-18(2)10-15(11-3-6-13(19)7-4-11)14-9-12(17(20)21)5-8-16(14)22-18/h3-10H,1-2H3,(H,20,21). The molecular weight excluding hydrogens is 283 g/mol. The van der Waals surface area contributed by atoms with Gasteiger partial charge in [-0.3, -0.25) is 0 Å². The van der Waals surface area contributed by atoms with E-state index in [1.807, 2.05) is 19.9 Å². The van der Waals surface area contributed by atoms with Crippen molar-refractivity contribution in [2.24, 2.45) is 0 Å². The van der Waals surface area contributed by atoms with Gasteiger partial charge in [-0.25, -0.2) is 9.18 Å². The predicted octanol–water partition coefficient (Wildman–Crippen LogP) is 4.13. The second-order valence-corrected chi connectivity index (χ2v) is 5.79. The van der Waals surface area contributed by atoms with Crippen LogP contribution in [0.5, 0.6) is 5.75 Å². The number of rotatable bonds is 2. The summed E-state index contributed by atoms with van der Waals surface area (Å²) in [5.41, 5.74) is 2.03. The first kappa shape index (κ1) is 14.3. The highest BCUT2D eigenvalue weighted by Gasteiger charge is 2.27. The number of halogens is 1. The molecular formula is C18H15FO3. The summed E-state index contributed by atoms with van der Waals surface area (Å²) in [6.07, 6.45) is 1.92. The minimum absolute atomic E-state index is 0.190. The molecule has 0 saturated heterocycles. The molecule has 0 radical (unpaired) electrons. The molecule has 22 heavy (non-hydrogen) atoms. The second kappa shape index (κ2) is 4.98. The molecule has 0 aromatic heterocycles. The fraction of sp³-hybridized carbons (Fsp3) is 0.167. The van der Waals surface area contributed by atoms with Crippen LogP contribution in [-0.2, 0) is 0 Å². The summed E-state index contributed by atoms with van der Waals surface area (Å²) < 4.78 is 19.0. The SMILES string of the molecule is CC1(C)C=C(c2ccc(F)cc2)c2cc(C(=O)O)ccc2O1. The van der Waals surface area contributed by atoms with Gasteiger partial charge in [-0.2, -0.15) is 0 Å². The molecule has 1 N–H and O–H groups in total. The van der Waals surface area contributed by atoms with E-state index >= 15 is 0 Å². The molecule has 0 saturated carbocycles. The normalized spacial score (nSPS) is 15.5. The van der Waals surface area contributed by atoms with Gasteiger partial charge in [0.25, 0.3) is 0 Å². The highest BCUT2D eigenvalue weighted by Crippen LogP contribution is 2.39. The van der Waals surface area contributed by atoms with Gasteiger partial charge in [-0.15, -0.1) is 0 Å². The van der Waals surface area contributed by atoms with Crippen molar-refractivity contribution in [2.75, 3.05) is 0 Å². The zero-order valence-electron chi connectivity index (χ0n) is 12.3. The molecule has 4 heteroatoms. The van der Waals surface area contributed by atoms with Gasteiger partial charge < -0.3 is 9.84 Å². The van der Waals surface area contributed by atoms with E-state index in [2.05, 4.69) is 0 Å². The van der Waals surface area contributed by atoms with E-state index in [0.717, 1.165) is 11.1 Å². The van der Waals surface area contributed by atoms with Crippen LogP contribution < -0.4 is 4.74 Å². The van der Waals surface area contributed by atoms with Crippen molar-refractivity contribution in [1.29, 1.82) is 0 Å². The smallest absolute Gasteiger partial charge is 0.335 e. The third kappa shape index (κ3) is 2.60. The summed E-state index contributed by atoms with van der Waals surface area (Å²) in [7, 11) is 0. The lowest BCUT2D eigenvalue weighted by Gasteiger charge is -2.31. The van der Waals surface area contributed by atoms with Gasteiger partial charge in [0.2, 0.25) is 0 Å². The third-order valence-corrected chi connectivity index (χ3v) is 3.54. The number of fused-ring (bicyclic) bond motifs is 1. The van der Waals surface area contributed by atoms with Crippen molar-refractivity contribution in [3.8, 4) is 5.75 Å². The Balaban J connectivity index is 2.19. The quantitative estimate of drug-likeness (QED) is 0.907. The molecule has 0 amide bonds. The van der Waals surface area contributed by atoms with E-state index in [0.29, 0.717) is 11.3 Å². The maximum absolute atomic E-state index is 13.1. The summed E-state index contributed by atoms with van der Waals surface area (Å²) in [6, 6.07) is 10.9. The lowest BCUT2D eigenvalue weighted by Crippen LogP contribution is -2.29. The first-order valence-electron chi connectivity index (χ1n) is 6.91. The molecule has 0 aliphatic carbocycles. The summed E-state index contributed by atoms with van der Waals surface area (Å²) in [5, 5.41) is 9.17. The number of hydrogen-bond acceptors (Lipinski definition) is 2. The molecule has 0 spiro atoms. The molecule has 0 bridgehead atoms. The van der Waals surface area contributed by atoms with E-state index in [9.17, 15) is 14.3 Å². The average molecular weight is 298 g/mol. The largest absolute Gasteiger partial charge is 0.483 e. The van der Waals surface area contributed by atoms with Gasteiger partial charge in [-0.05, 0) is 61.4 Å². The topological polar surface area (TPSA) is 46.5 Å². The van der Waals surface area contributed by atoms with Crippen LogP contribution in [0, 0.1) is 5.82 Å². The number of carboxylic acids is 1. The third-order valence-electron chi connectivity index (χ3n) is 3.54. The van der Waals surface area contributed by atoms with E-state index in [1.165, 1.54) is 18.2 Å². The Hall–Kier alpha value is -2.62. The first-order valence-corrected chi connectivity index (χ1v) is 6.91. The zero-order chi connectivity index (χ0) is 15.9. The molecule has 112 valence electrons. The fourth-order valence-corrected chi connectivity index (χ4v) is 2.57. The summed E-state index contributed by atoms with van der Waals surface area (Å²) in [4.78, 5) is 11.2. The van der Waals surface area contributed by atoms with E-state index in [4.69, 9.17) is 4.74 Å². The Labute approximate surface area is 127 Å². The van der Waals surface area contributed by atoms with Gasteiger partial charge in [0, 0.05) is 5.56 Å². The molecule has 1 heterocycles. The van der Waals surface area contributed by atoms with Crippen molar-refractivity contribution in [3.63, 3.8) is 0 Å². The number of hydrogen-bond donors (Lipinski definition) is 1.